The Morgan fingerprint density at radius 2 is 0.778 bits per heavy atom. The van der Waals surface area contributed by atoms with Crippen LogP contribution in [0.2, 0.25) is 0 Å². The Hall–Kier alpha value is -7.16. The molecule has 54 heavy (non-hydrogen) atoms. The summed E-state index contributed by atoms with van der Waals surface area (Å²) < 4.78 is 2.48. The zero-order chi connectivity index (χ0) is 35.6. The first-order chi connectivity index (χ1) is 26.8. The fraction of sp³-hybridized carbons (Fsp3) is 0. The summed E-state index contributed by atoms with van der Waals surface area (Å²) in [5.74, 6) is 0. The van der Waals surface area contributed by atoms with Crippen LogP contribution in [-0.4, -0.2) is 4.40 Å². The lowest BCUT2D eigenvalue weighted by Crippen LogP contribution is -2.09. The van der Waals surface area contributed by atoms with Gasteiger partial charge in [0, 0.05) is 38.6 Å². The van der Waals surface area contributed by atoms with Gasteiger partial charge in [-0.3, -0.25) is 0 Å². The number of hydrogen-bond donors (Lipinski definition) is 0. The van der Waals surface area contributed by atoms with Gasteiger partial charge in [-0.1, -0.05) is 152 Å². The van der Waals surface area contributed by atoms with Crippen LogP contribution in [0.5, 0.6) is 0 Å². The Labute approximate surface area is 313 Å². The van der Waals surface area contributed by atoms with E-state index in [0.29, 0.717) is 0 Å². The second-order valence-corrected chi connectivity index (χ2v) is 14.2. The predicted octanol–water partition coefficient (Wildman–Crippen LogP) is 14.5. The van der Waals surface area contributed by atoms with Crippen molar-refractivity contribution in [3.8, 4) is 33.4 Å². The van der Waals surface area contributed by atoms with Crippen LogP contribution >= 0.6 is 0 Å². The van der Waals surface area contributed by atoms with Crippen LogP contribution in [0, 0.1) is 0 Å². The van der Waals surface area contributed by atoms with Gasteiger partial charge in [0.25, 0.3) is 0 Å². The SMILES string of the molecule is c1ccc(-c2ccc(N(c3ccc(-c4ccccc4)cc3)c3ccc(-c4ccc5c(c4)c4ccc6cccc7c8ccccc8n5c4c67)cc3)cc2)cc1. The summed E-state index contributed by atoms with van der Waals surface area (Å²) in [7, 11) is 0. The van der Waals surface area contributed by atoms with Gasteiger partial charge in [-0.25, -0.2) is 0 Å². The molecule has 0 saturated heterocycles. The van der Waals surface area contributed by atoms with Crippen molar-refractivity contribution in [2.45, 2.75) is 0 Å². The van der Waals surface area contributed by atoms with E-state index in [-0.39, 0.29) is 0 Å². The van der Waals surface area contributed by atoms with Gasteiger partial charge in [0.15, 0.2) is 0 Å². The zero-order valence-electron chi connectivity index (χ0n) is 29.5. The van der Waals surface area contributed by atoms with E-state index < -0.39 is 0 Å². The maximum atomic E-state index is 2.48. The van der Waals surface area contributed by atoms with Crippen molar-refractivity contribution in [3.63, 3.8) is 0 Å². The van der Waals surface area contributed by atoms with Gasteiger partial charge in [-0.05, 0) is 98.8 Å². The fourth-order valence-electron chi connectivity index (χ4n) is 8.54. The number of rotatable bonds is 6. The van der Waals surface area contributed by atoms with E-state index in [9.17, 15) is 0 Å². The maximum Gasteiger partial charge on any atom is 0.0625 e. The number of pyridine rings is 1. The number of hydrogen-bond acceptors (Lipinski definition) is 1. The molecule has 252 valence electrons. The van der Waals surface area contributed by atoms with Crippen molar-refractivity contribution in [1.29, 1.82) is 0 Å². The van der Waals surface area contributed by atoms with Crippen LogP contribution in [0.4, 0.5) is 17.1 Å². The average Bonchev–Trinajstić information content (AvgIpc) is 3.59. The summed E-state index contributed by atoms with van der Waals surface area (Å²) in [6.45, 7) is 0. The van der Waals surface area contributed by atoms with E-state index >= 15 is 0 Å². The molecule has 0 bridgehead atoms. The normalized spacial score (nSPS) is 11.7. The molecule has 9 aromatic carbocycles. The summed E-state index contributed by atoms with van der Waals surface area (Å²) in [6, 6.07) is 75.0. The highest BCUT2D eigenvalue weighted by molar-refractivity contribution is 6.28. The lowest BCUT2D eigenvalue weighted by Gasteiger charge is -2.26. The van der Waals surface area contributed by atoms with Gasteiger partial charge >= 0.3 is 0 Å². The van der Waals surface area contributed by atoms with Crippen LogP contribution in [0.25, 0.3) is 82.2 Å². The topological polar surface area (TPSA) is 7.65 Å². The van der Waals surface area contributed by atoms with Crippen molar-refractivity contribution in [2.24, 2.45) is 0 Å². The Balaban J connectivity index is 1.01. The molecule has 0 fully saturated rings. The summed E-state index contributed by atoms with van der Waals surface area (Å²) in [6.07, 6.45) is 0. The van der Waals surface area contributed by atoms with Crippen LogP contribution in [0.15, 0.2) is 206 Å². The number of anilines is 3. The third-order valence-corrected chi connectivity index (χ3v) is 11.1. The zero-order valence-corrected chi connectivity index (χ0v) is 29.5. The lowest BCUT2D eigenvalue weighted by atomic mass is 9.98. The molecule has 2 heteroatoms. The molecule has 11 aromatic rings. The molecular formula is C52H34N2. The molecule has 2 aromatic heterocycles. The van der Waals surface area contributed by atoms with Crippen LogP contribution in [0.1, 0.15) is 0 Å². The largest absolute Gasteiger partial charge is 0.311 e. The van der Waals surface area contributed by atoms with Gasteiger partial charge in [-0.2, -0.15) is 0 Å². The van der Waals surface area contributed by atoms with Gasteiger partial charge in [-0.15, -0.1) is 0 Å². The molecule has 0 amide bonds. The smallest absolute Gasteiger partial charge is 0.0625 e. The predicted molar refractivity (Wildman–Crippen MR) is 230 cm³/mol. The molecular weight excluding hydrogens is 653 g/mol. The Kier molecular flexibility index (Phi) is 6.90. The minimum absolute atomic E-state index is 1.11. The number of nitrogens with zero attached hydrogens (tertiary/aromatic N) is 2. The third kappa shape index (κ3) is 4.81. The van der Waals surface area contributed by atoms with Crippen molar-refractivity contribution in [3.05, 3.63) is 206 Å². The Bertz CT molecular complexity index is 3010. The molecule has 0 aliphatic rings. The maximum absolute atomic E-state index is 2.48. The minimum Gasteiger partial charge on any atom is -0.311 e. The van der Waals surface area contributed by atoms with E-state index in [2.05, 4.69) is 216 Å². The number of benzene rings is 9. The average molecular weight is 687 g/mol. The quantitative estimate of drug-likeness (QED) is 0.125. The molecule has 0 radical (unpaired) electrons. The summed E-state index contributed by atoms with van der Waals surface area (Å²) in [4.78, 5) is 2.35. The Morgan fingerprint density at radius 3 is 1.39 bits per heavy atom. The van der Waals surface area contributed by atoms with E-state index in [1.165, 1.54) is 82.2 Å². The van der Waals surface area contributed by atoms with Gasteiger partial charge in [0.05, 0.1) is 16.6 Å². The van der Waals surface area contributed by atoms with Crippen LogP contribution in [0.3, 0.4) is 0 Å². The molecule has 0 unspecified atom stereocenters. The van der Waals surface area contributed by atoms with E-state index in [1.807, 2.05) is 0 Å². The standard InChI is InChI=1S/C52H34N2/c1-3-10-35(11-4-1)37-18-26-42(27-19-37)53(43-28-20-38(21-29-43)36-12-5-2-6-13-36)44-30-22-39(23-31-44)41-25-33-50-48(34-41)47-32-24-40-14-9-16-46-45-15-7-8-17-49(45)54(50)52(47)51(40)46/h1-34H. The van der Waals surface area contributed by atoms with E-state index in [4.69, 9.17) is 0 Å². The number of para-hydroxylation sites is 1. The second-order valence-electron chi connectivity index (χ2n) is 14.2. The van der Waals surface area contributed by atoms with E-state index in [0.717, 1.165) is 17.1 Å². The van der Waals surface area contributed by atoms with E-state index in [1.54, 1.807) is 0 Å². The monoisotopic (exact) mass is 686 g/mol. The molecule has 0 atom stereocenters. The molecule has 0 aliphatic carbocycles. The van der Waals surface area contributed by atoms with Crippen molar-refractivity contribution >= 4 is 65.9 Å². The van der Waals surface area contributed by atoms with Gasteiger partial charge in [0.1, 0.15) is 0 Å². The first kappa shape index (κ1) is 30.5. The highest BCUT2D eigenvalue weighted by atomic mass is 15.1. The molecule has 0 saturated carbocycles. The summed E-state index contributed by atoms with van der Waals surface area (Å²) in [5, 5.41) is 7.79. The van der Waals surface area contributed by atoms with Crippen LogP contribution in [-0.2, 0) is 0 Å². The molecule has 11 rings (SSSR count). The number of fused-ring (bicyclic) bond motifs is 6. The fourth-order valence-corrected chi connectivity index (χ4v) is 8.54. The summed E-state index contributed by atoms with van der Waals surface area (Å²) >= 11 is 0. The van der Waals surface area contributed by atoms with Gasteiger partial charge < -0.3 is 9.30 Å². The second kappa shape index (κ2) is 12.2. The highest BCUT2D eigenvalue weighted by Crippen LogP contribution is 2.43. The van der Waals surface area contributed by atoms with Crippen LogP contribution < -0.4 is 4.90 Å². The summed E-state index contributed by atoms with van der Waals surface area (Å²) in [5.41, 5.74) is 14.4. The number of aromatic nitrogens is 1. The van der Waals surface area contributed by atoms with Crippen molar-refractivity contribution in [2.75, 3.05) is 4.90 Å². The Morgan fingerprint density at radius 1 is 0.296 bits per heavy atom. The van der Waals surface area contributed by atoms with Crippen molar-refractivity contribution < 1.29 is 0 Å². The third-order valence-electron chi connectivity index (χ3n) is 11.1. The molecule has 2 heterocycles. The highest BCUT2D eigenvalue weighted by Gasteiger charge is 2.19. The first-order valence-electron chi connectivity index (χ1n) is 18.6. The van der Waals surface area contributed by atoms with Crippen molar-refractivity contribution in [1.82, 2.24) is 4.40 Å². The lowest BCUT2D eigenvalue weighted by molar-refractivity contribution is 1.28. The van der Waals surface area contributed by atoms with Gasteiger partial charge in [0.2, 0.25) is 0 Å². The first-order valence-corrected chi connectivity index (χ1v) is 18.6. The molecule has 0 N–H and O–H groups in total. The minimum atomic E-state index is 1.11. The molecule has 0 spiro atoms. The molecule has 2 nitrogen and oxygen atoms in total. The molecule has 0 aliphatic heterocycles.